The van der Waals surface area contributed by atoms with Crippen LogP contribution in [0.15, 0.2) is 71.6 Å². The van der Waals surface area contributed by atoms with Crippen LogP contribution in [0.2, 0.25) is 0 Å². The molecule has 0 radical (unpaired) electrons. The van der Waals surface area contributed by atoms with Crippen LogP contribution in [0, 0.1) is 6.92 Å². The fourth-order valence-corrected chi connectivity index (χ4v) is 2.82. The maximum absolute atomic E-state index is 12.3. The highest BCUT2D eigenvalue weighted by Gasteiger charge is 2.10. The molecule has 0 saturated heterocycles. The van der Waals surface area contributed by atoms with Crippen molar-refractivity contribution in [3.63, 3.8) is 0 Å². The van der Waals surface area contributed by atoms with Gasteiger partial charge in [-0.15, -0.1) is 0 Å². The second-order valence-corrected chi connectivity index (χ2v) is 5.92. The van der Waals surface area contributed by atoms with E-state index in [9.17, 15) is 4.79 Å². The second-order valence-electron chi connectivity index (χ2n) is 5.92. The SMILES string of the molecule is Cc1cccc(-n2cnc3cc(C(=O)NCc4ccco4)ccc32)c1. The first kappa shape index (κ1) is 15.2. The molecule has 0 spiro atoms. The lowest BCUT2D eigenvalue weighted by atomic mass is 10.1. The zero-order valence-electron chi connectivity index (χ0n) is 13.8. The topological polar surface area (TPSA) is 60.1 Å². The summed E-state index contributed by atoms with van der Waals surface area (Å²) in [4.78, 5) is 16.8. The highest BCUT2D eigenvalue weighted by Crippen LogP contribution is 2.20. The number of fused-ring (bicyclic) bond motifs is 1. The first-order chi connectivity index (χ1) is 12.2. The molecule has 0 bridgehead atoms. The van der Waals surface area contributed by atoms with Crippen LogP contribution in [0.3, 0.4) is 0 Å². The number of benzene rings is 2. The molecule has 0 aliphatic carbocycles. The number of nitrogens with one attached hydrogen (secondary N) is 1. The van der Waals surface area contributed by atoms with Crippen LogP contribution in [0.25, 0.3) is 16.7 Å². The summed E-state index contributed by atoms with van der Waals surface area (Å²) in [6, 6.07) is 17.4. The average molecular weight is 331 g/mol. The second kappa shape index (κ2) is 6.28. The van der Waals surface area contributed by atoms with Crippen molar-refractivity contribution in [1.29, 1.82) is 0 Å². The smallest absolute Gasteiger partial charge is 0.251 e. The Labute approximate surface area is 144 Å². The van der Waals surface area contributed by atoms with Gasteiger partial charge in [-0.2, -0.15) is 0 Å². The van der Waals surface area contributed by atoms with Crippen molar-refractivity contribution in [3.8, 4) is 5.69 Å². The minimum absolute atomic E-state index is 0.150. The van der Waals surface area contributed by atoms with Gasteiger partial charge in [-0.1, -0.05) is 12.1 Å². The number of aryl methyl sites for hydroxylation is 1. The standard InChI is InChI=1S/C20H17N3O2/c1-14-4-2-5-16(10-14)23-13-22-18-11-15(7-8-19(18)23)20(24)21-12-17-6-3-9-25-17/h2-11,13H,12H2,1H3,(H,21,24). The van der Waals surface area contributed by atoms with E-state index in [0.29, 0.717) is 12.1 Å². The van der Waals surface area contributed by atoms with Crippen LogP contribution in [-0.2, 0) is 6.54 Å². The molecule has 2 aromatic heterocycles. The molecular formula is C20H17N3O2. The number of hydrogen-bond donors (Lipinski definition) is 1. The van der Waals surface area contributed by atoms with Crippen molar-refractivity contribution in [1.82, 2.24) is 14.9 Å². The first-order valence-electron chi connectivity index (χ1n) is 8.05. The summed E-state index contributed by atoms with van der Waals surface area (Å²) in [6.07, 6.45) is 3.37. The molecule has 0 aliphatic heterocycles. The lowest BCUT2D eigenvalue weighted by Gasteiger charge is -2.06. The van der Waals surface area contributed by atoms with E-state index in [-0.39, 0.29) is 5.91 Å². The van der Waals surface area contributed by atoms with Gasteiger partial charge in [-0.05, 0) is 55.0 Å². The van der Waals surface area contributed by atoms with Crippen molar-refractivity contribution in [3.05, 3.63) is 84.1 Å². The quantitative estimate of drug-likeness (QED) is 0.618. The molecule has 0 unspecified atom stereocenters. The fraction of sp³-hybridized carbons (Fsp3) is 0.100. The number of nitrogens with zero attached hydrogens (tertiary/aromatic N) is 2. The van der Waals surface area contributed by atoms with Crippen molar-refractivity contribution in [2.45, 2.75) is 13.5 Å². The maximum Gasteiger partial charge on any atom is 0.251 e. The minimum atomic E-state index is -0.150. The summed E-state index contributed by atoms with van der Waals surface area (Å²) in [5.41, 5.74) is 4.57. The average Bonchev–Trinajstić information content (AvgIpc) is 3.28. The third kappa shape index (κ3) is 3.04. The fourth-order valence-electron chi connectivity index (χ4n) is 2.82. The molecule has 0 atom stereocenters. The van der Waals surface area contributed by atoms with Gasteiger partial charge >= 0.3 is 0 Å². The molecule has 5 nitrogen and oxygen atoms in total. The van der Waals surface area contributed by atoms with Gasteiger partial charge in [0.2, 0.25) is 0 Å². The van der Waals surface area contributed by atoms with E-state index in [4.69, 9.17) is 4.42 Å². The third-order valence-electron chi connectivity index (χ3n) is 4.09. The molecule has 2 aromatic carbocycles. The molecule has 124 valence electrons. The van der Waals surface area contributed by atoms with Crippen LogP contribution >= 0.6 is 0 Å². The van der Waals surface area contributed by atoms with Crippen LogP contribution < -0.4 is 5.32 Å². The lowest BCUT2D eigenvalue weighted by Crippen LogP contribution is -2.22. The molecule has 0 aliphatic rings. The van der Waals surface area contributed by atoms with Crippen molar-refractivity contribution >= 4 is 16.9 Å². The molecule has 25 heavy (non-hydrogen) atoms. The summed E-state index contributed by atoms with van der Waals surface area (Å²) in [5.74, 6) is 0.571. The number of furan rings is 1. The van der Waals surface area contributed by atoms with E-state index in [1.807, 2.05) is 34.9 Å². The summed E-state index contributed by atoms with van der Waals surface area (Å²) in [5, 5.41) is 2.84. The number of hydrogen-bond acceptors (Lipinski definition) is 3. The minimum Gasteiger partial charge on any atom is -0.467 e. The van der Waals surface area contributed by atoms with Gasteiger partial charge in [0.1, 0.15) is 12.1 Å². The van der Waals surface area contributed by atoms with Crippen molar-refractivity contribution in [2.24, 2.45) is 0 Å². The molecule has 2 heterocycles. The Hall–Kier alpha value is -3.34. The van der Waals surface area contributed by atoms with Gasteiger partial charge in [0.05, 0.1) is 23.8 Å². The molecular weight excluding hydrogens is 314 g/mol. The van der Waals surface area contributed by atoms with E-state index < -0.39 is 0 Å². The summed E-state index contributed by atoms with van der Waals surface area (Å²) >= 11 is 0. The summed E-state index contributed by atoms with van der Waals surface area (Å²) < 4.78 is 7.24. The number of rotatable bonds is 4. The zero-order chi connectivity index (χ0) is 17.2. The van der Waals surface area contributed by atoms with Crippen molar-refractivity contribution < 1.29 is 9.21 Å². The largest absolute Gasteiger partial charge is 0.467 e. The molecule has 0 saturated carbocycles. The van der Waals surface area contributed by atoms with Gasteiger partial charge in [0.15, 0.2) is 0 Å². The number of imidazole rings is 1. The predicted molar refractivity (Wildman–Crippen MR) is 95.7 cm³/mol. The van der Waals surface area contributed by atoms with Gasteiger partial charge in [-0.25, -0.2) is 4.98 Å². The molecule has 1 amide bonds. The molecule has 1 N–H and O–H groups in total. The molecule has 5 heteroatoms. The Morgan fingerprint density at radius 1 is 1.16 bits per heavy atom. The number of carbonyl (C=O) groups is 1. The van der Waals surface area contributed by atoms with E-state index in [1.54, 1.807) is 24.7 Å². The number of aromatic nitrogens is 2. The van der Waals surface area contributed by atoms with Gasteiger partial charge in [0, 0.05) is 11.3 Å². The molecule has 4 rings (SSSR count). The Morgan fingerprint density at radius 3 is 2.88 bits per heavy atom. The van der Waals surface area contributed by atoms with Gasteiger partial charge < -0.3 is 9.73 Å². The lowest BCUT2D eigenvalue weighted by molar-refractivity contribution is 0.0948. The summed E-state index contributed by atoms with van der Waals surface area (Å²) in [6.45, 7) is 2.42. The Balaban J connectivity index is 1.60. The van der Waals surface area contributed by atoms with E-state index in [0.717, 1.165) is 22.5 Å². The van der Waals surface area contributed by atoms with E-state index in [1.165, 1.54) is 5.56 Å². The Kier molecular flexibility index (Phi) is 3.82. The van der Waals surface area contributed by atoms with Crippen LogP contribution in [-0.4, -0.2) is 15.5 Å². The van der Waals surface area contributed by atoms with E-state index >= 15 is 0 Å². The Bertz CT molecular complexity index is 1030. The predicted octanol–water partition coefficient (Wildman–Crippen LogP) is 3.86. The number of amides is 1. The number of carbonyl (C=O) groups excluding carboxylic acids is 1. The van der Waals surface area contributed by atoms with Crippen molar-refractivity contribution in [2.75, 3.05) is 0 Å². The third-order valence-corrected chi connectivity index (χ3v) is 4.09. The van der Waals surface area contributed by atoms with Gasteiger partial charge in [0.25, 0.3) is 5.91 Å². The van der Waals surface area contributed by atoms with Crippen LogP contribution in [0.4, 0.5) is 0 Å². The van der Waals surface area contributed by atoms with Crippen LogP contribution in [0.5, 0.6) is 0 Å². The molecule has 0 fully saturated rings. The highest BCUT2D eigenvalue weighted by atomic mass is 16.3. The molecule has 4 aromatic rings. The summed E-state index contributed by atoms with van der Waals surface area (Å²) in [7, 11) is 0. The zero-order valence-corrected chi connectivity index (χ0v) is 13.8. The highest BCUT2D eigenvalue weighted by molar-refractivity contribution is 5.97. The van der Waals surface area contributed by atoms with E-state index in [2.05, 4.69) is 29.4 Å². The van der Waals surface area contributed by atoms with Gasteiger partial charge in [-0.3, -0.25) is 9.36 Å². The monoisotopic (exact) mass is 331 g/mol. The maximum atomic E-state index is 12.3. The van der Waals surface area contributed by atoms with Crippen LogP contribution in [0.1, 0.15) is 21.7 Å². The normalized spacial score (nSPS) is 10.9. The first-order valence-corrected chi connectivity index (χ1v) is 8.05. The Morgan fingerprint density at radius 2 is 2.08 bits per heavy atom.